The van der Waals surface area contributed by atoms with Crippen LogP contribution in [0.25, 0.3) is 0 Å². The summed E-state index contributed by atoms with van der Waals surface area (Å²) in [6, 6.07) is 0. The standard InChI is InChI=1S/C16H24O2/c1-13(2)11-14(3)7-5-4-6-8-15-9-10-16(17)18-12-15/h5,7,9-11,13,15H,4,6,8,12H2,1-3H3/b7-5+,14-11+. The lowest BCUT2D eigenvalue weighted by Gasteiger charge is -2.15. The van der Waals surface area contributed by atoms with Crippen molar-refractivity contribution in [3.05, 3.63) is 36.0 Å². The highest BCUT2D eigenvalue weighted by molar-refractivity contribution is 5.82. The molecule has 18 heavy (non-hydrogen) atoms. The van der Waals surface area contributed by atoms with Gasteiger partial charge in [0.2, 0.25) is 0 Å². The summed E-state index contributed by atoms with van der Waals surface area (Å²) in [5.41, 5.74) is 1.33. The molecule has 1 unspecified atom stereocenters. The Bertz CT molecular complexity index is 348. The van der Waals surface area contributed by atoms with Gasteiger partial charge >= 0.3 is 5.97 Å². The molecular weight excluding hydrogens is 224 g/mol. The van der Waals surface area contributed by atoms with Gasteiger partial charge in [-0.2, -0.15) is 0 Å². The van der Waals surface area contributed by atoms with E-state index in [1.807, 2.05) is 6.08 Å². The van der Waals surface area contributed by atoms with Gasteiger partial charge in [-0.05, 0) is 32.1 Å². The van der Waals surface area contributed by atoms with Crippen LogP contribution in [0.3, 0.4) is 0 Å². The maximum atomic E-state index is 10.8. The summed E-state index contributed by atoms with van der Waals surface area (Å²) < 4.78 is 4.98. The summed E-state index contributed by atoms with van der Waals surface area (Å²) >= 11 is 0. The maximum Gasteiger partial charge on any atom is 0.330 e. The lowest BCUT2D eigenvalue weighted by Crippen LogP contribution is -2.16. The number of cyclic esters (lactones) is 1. The van der Waals surface area contributed by atoms with Crippen molar-refractivity contribution in [2.45, 2.75) is 40.0 Å². The fourth-order valence-electron chi connectivity index (χ4n) is 2.04. The third-order valence-corrected chi connectivity index (χ3v) is 2.87. The highest BCUT2D eigenvalue weighted by Gasteiger charge is 2.12. The number of rotatable bonds is 6. The van der Waals surface area contributed by atoms with E-state index >= 15 is 0 Å². The normalized spacial score (nSPS) is 20.8. The quantitative estimate of drug-likeness (QED) is 0.403. The van der Waals surface area contributed by atoms with E-state index in [1.165, 1.54) is 5.57 Å². The number of hydrogen-bond acceptors (Lipinski definition) is 2. The predicted molar refractivity (Wildman–Crippen MR) is 75.2 cm³/mol. The van der Waals surface area contributed by atoms with Crippen molar-refractivity contribution in [3.63, 3.8) is 0 Å². The summed E-state index contributed by atoms with van der Waals surface area (Å²) in [5, 5.41) is 0. The van der Waals surface area contributed by atoms with Gasteiger partial charge in [0.25, 0.3) is 0 Å². The van der Waals surface area contributed by atoms with Crippen LogP contribution in [0.2, 0.25) is 0 Å². The fourth-order valence-corrected chi connectivity index (χ4v) is 2.04. The zero-order valence-corrected chi connectivity index (χ0v) is 11.7. The van der Waals surface area contributed by atoms with Gasteiger partial charge in [0.05, 0.1) is 6.61 Å². The minimum atomic E-state index is -0.208. The number of carbonyl (C=O) groups excluding carboxylic acids is 1. The van der Waals surface area contributed by atoms with Gasteiger partial charge in [-0.15, -0.1) is 0 Å². The Morgan fingerprint density at radius 1 is 1.56 bits per heavy atom. The molecule has 0 aromatic heterocycles. The molecule has 0 aliphatic carbocycles. The second-order valence-electron chi connectivity index (χ2n) is 5.24. The van der Waals surface area contributed by atoms with Gasteiger partial charge in [-0.25, -0.2) is 4.79 Å². The molecule has 1 heterocycles. The van der Waals surface area contributed by atoms with Crippen LogP contribution in [0, 0.1) is 11.8 Å². The summed E-state index contributed by atoms with van der Waals surface area (Å²) in [5.74, 6) is 0.806. The van der Waals surface area contributed by atoms with Gasteiger partial charge < -0.3 is 4.74 Å². The first-order valence-electron chi connectivity index (χ1n) is 6.78. The Kier molecular flexibility index (Phi) is 6.48. The molecule has 0 aromatic carbocycles. The minimum Gasteiger partial charge on any atom is -0.462 e. The minimum absolute atomic E-state index is 0.208. The SMILES string of the molecule is CC(/C=C/CCCC1C=CC(=O)OC1)=C\C(C)C. The number of ether oxygens (including phenoxy) is 1. The first kappa shape index (κ1) is 14.7. The second-order valence-corrected chi connectivity index (χ2v) is 5.24. The second kappa shape index (κ2) is 7.91. The van der Waals surface area contributed by atoms with Crippen molar-refractivity contribution < 1.29 is 9.53 Å². The Hall–Kier alpha value is -1.31. The maximum absolute atomic E-state index is 10.8. The van der Waals surface area contributed by atoms with Crippen LogP contribution in [0.15, 0.2) is 36.0 Å². The number of hydrogen-bond donors (Lipinski definition) is 0. The van der Waals surface area contributed by atoms with Crippen LogP contribution in [0.4, 0.5) is 0 Å². The van der Waals surface area contributed by atoms with Crippen molar-refractivity contribution in [2.24, 2.45) is 11.8 Å². The van der Waals surface area contributed by atoms with Crippen LogP contribution in [0.5, 0.6) is 0 Å². The molecule has 0 N–H and O–H groups in total. The summed E-state index contributed by atoms with van der Waals surface area (Å²) in [6.45, 7) is 7.06. The van der Waals surface area contributed by atoms with E-state index in [9.17, 15) is 4.79 Å². The molecule has 2 heteroatoms. The van der Waals surface area contributed by atoms with Gasteiger partial charge in [0, 0.05) is 12.0 Å². The molecule has 0 spiro atoms. The Morgan fingerprint density at radius 3 is 2.94 bits per heavy atom. The highest BCUT2D eigenvalue weighted by atomic mass is 16.5. The molecule has 0 bridgehead atoms. The highest BCUT2D eigenvalue weighted by Crippen LogP contribution is 2.15. The zero-order chi connectivity index (χ0) is 13.4. The van der Waals surface area contributed by atoms with Crippen molar-refractivity contribution >= 4 is 5.97 Å². The third-order valence-electron chi connectivity index (χ3n) is 2.87. The number of unbranched alkanes of at least 4 members (excludes halogenated alkanes) is 1. The van der Waals surface area contributed by atoms with E-state index in [0.29, 0.717) is 18.4 Å². The molecule has 0 amide bonds. The monoisotopic (exact) mass is 248 g/mol. The summed E-state index contributed by atoms with van der Waals surface area (Å²) in [6.07, 6.45) is 13.5. The third kappa shape index (κ3) is 6.43. The van der Waals surface area contributed by atoms with Crippen LogP contribution < -0.4 is 0 Å². The smallest absolute Gasteiger partial charge is 0.330 e. The van der Waals surface area contributed by atoms with Crippen LogP contribution in [-0.2, 0) is 9.53 Å². The van der Waals surface area contributed by atoms with Crippen molar-refractivity contribution in [2.75, 3.05) is 6.61 Å². The first-order valence-corrected chi connectivity index (χ1v) is 6.78. The van der Waals surface area contributed by atoms with E-state index in [1.54, 1.807) is 6.08 Å². The lowest BCUT2D eigenvalue weighted by atomic mass is 10.0. The Labute approximate surface area is 110 Å². The largest absolute Gasteiger partial charge is 0.462 e. The molecule has 2 nitrogen and oxygen atoms in total. The van der Waals surface area contributed by atoms with Crippen LogP contribution >= 0.6 is 0 Å². The molecule has 0 aromatic rings. The van der Waals surface area contributed by atoms with Crippen molar-refractivity contribution in [3.8, 4) is 0 Å². The number of allylic oxidation sites excluding steroid dienone is 4. The van der Waals surface area contributed by atoms with Crippen LogP contribution in [0.1, 0.15) is 40.0 Å². The average molecular weight is 248 g/mol. The molecule has 1 aliphatic rings. The van der Waals surface area contributed by atoms with Gasteiger partial charge in [-0.1, -0.05) is 43.7 Å². The molecule has 1 rings (SSSR count). The molecule has 0 saturated heterocycles. The number of esters is 1. The van der Waals surface area contributed by atoms with Gasteiger partial charge in [0.1, 0.15) is 0 Å². The van der Waals surface area contributed by atoms with E-state index in [0.717, 1.165) is 19.3 Å². The molecule has 1 aliphatic heterocycles. The van der Waals surface area contributed by atoms with Gasteiger partial charge in [0.15, 0.2) is 0 Å². The lowest BCUT2D eigenvalue weighted by molar-refractivity contribution is -0.139. The zero-order valence-electron chi connectivity index (χ0n) is 11.7. The van der Waals surface area contributed by atoms with E-state index in [2.05, 4.69) is 39.0 Å². The predicted octanol–water partition coefficient (Wildman–Crippen LogP) is 4.04. The summed E-state index contributed by atoms with van der Waals surface area (Å²) in [7, 11) is 0. The van der Waals surface area contributed by atoms with Crippen LogP contribution in [-0.4, -0.2) is 12.6 Å². The van der Waals surface area contributed by atoms with Crippen molar-refractivity contribution in [1.29, 1.82) is 0 Å². The Morgan fingerprint density at radius 2 is 2.33 bits per heavy atom. The van der Waals surface area contributed by atoms with E-state index in [-0.39, 0.29) is 5.97 Å². The molecular formula is C16H24O2. The van der Waals surface area contributed by atoms with Crippen molar-refractivity contribution in [1.82, 2.24) is 0 Å². The van der Waals surface area contributed by atoms with E-state index in [4.69, 9.17) is 4.74 Å². The molecule has 0 radical (unpaired) electrons. The molecule has 100 valence electrons. The Balaban J connectivity index is 2.17. The first-order chi connectivity index (χ1) is 8.58. The topological polar surface area (TPSA) is 26.3 Å². The molecule has 1 atom stereocenters. The number of carbonyl (C=O) groups is 1. The molecule has 0 saturated carbocycles. The summed E-state index contributed by atoms with van der Waals surface area (Å²) in [4.78, 5) is 10.8. The molecule has 0 fully saturated rings. The average Bonchev–Trinajstić information content (AvgIpc) is 2.30. The van der Waals surface area contributed by atoms with Gasteiger partial charge in [-0.3, -0.25) is 0 Å². The fraction of sp³-hybridized carbons (Fsp3) is 0.562. The van der Waals surface area contributed by atoms with E-state index < -0.39 is 0 Å².